The van der Waals surface area contributed by atoms with Gasteiger partial charge in [-0.1, -0.05) is 37.6 Å². The van der Waals surface area contributed by atoms with Crippen LogP contribution in [0.5, 0.6) is 0 Å². The second-order valence-corrected chi connectivity index (χ2v) is 5.59. The van der Waals surface area contributed by atoms with Gasteiger partial charge in [0.25, 0.3) is 0 Å². The summed E-state index contributed by atoms with van der Waals surface area (Å²) in [6, 6.07) is 9.16. The summed E-state index contributed by atoms with van der Waals surface area (Å²) in [7, 11) is 0. The van der Waals surface area contributed by atoms with Crippen molar-refractivity contribution < 1.29 is 0 Å². The van der Waals surface area contributed by atoms with Gasteiger partial charge in [-0.15, -0.1) is 0 Å². The van der Waals surface area contributed by atoms with Gasteiger partial charge in [0, 0.05) is 23.0 Å². The van der Waals surface area contributed by atoms with E-state index < -0.39 is 0 Å². The SMILES string of the molecule is CCC(CC)(CNC1CC1)c1ccc(Cl)cc1. The van der Waals surface area contributed by atoms with Crippen LogP contribution in [0.1, 0.15) is 45.1 Å². The molecular formula is C15H22ClN. The standard InChI is InChI=1S/C15H22ClN/c1-3-15(4-2,11-17-14-9-10-14)12-5-7-13(16)8-6-12/h5-8,14,17H,3-4,9-11H2,1-2H3. The van der Waals surface area contributed by atoms with Gasteiger partial charge in [-0.25, -0.2) is 0 Å². The largest absolute Gasteiger partial charge is 0.313 e. The van der Waals surface area contributed by atoms with Crippen molar-refractivity contribution in [2.24, 2.45) is 0 Å². The van der Waals surface area contributed by atoms with E-state index in [1.54, 1.807) is 0 Å². The van der Waals surface area contributed by atoms with Crippen molar-refractivity contribution >= 4 is 11.6 Å². The molecule has 1 aromatic rings. The second-order valence-electron chi connectivity index (χ2n) is 5.15. The minimum atomic E-state index is 0.271. The molecule has 0 aliphatic heterocycles. The van der Waals surface area contributed by atoms with E-state index in [2.05, 4.69) is 31.3 Å². The molecule has 0 saturated heterocycles. The summed E-state index contributed by atoms with van der Waals surface area (Å²) in [6.07, 6.45) is 5.05. The van der Waals surface area contributed by atoms with Crippen molar-refractivity contribution in [3.05, 3.63) is 34.9 Å². The Balaban J connectivity index is 2.15. The molecule has 2 heteroatoms. The van der Waals surface area contributed by atoms with E-state index in [0.29, 0.717) is 0 Å². The molecule has 0 aromatic heterocycles. The normalized spacial score (nSPS) is 16.2. The number of hydrogen-bond acceptors (Lipinski definition) is 1. The molecule has 94 valence electrons. The van der Waals surface area contributed by atoms with E-state index in [-0.39, 0.29) is 5.41 Å². The van der Waals surface area contributed by atoms with E-state index in [0.717, 1.165) is 17.6 Å². The Morgan fingerprint density at radius 2 is 1.76 bits per heavy atom. The number of benzene rings is 1. The summed E-state index contributed by atoms with van der Waals surface area (Å²) in [5.74, 6) is 0. The van der Waals surface area contributed by atoms with Gasteiger partial charge >= 0.3 is 0 Å². The predicted octanol–water partition coefficient (Wildman–Crippen LogP) is 4.15. The first-order valence-corrected chi connectivity index (χ1v) is 7.07. The van der Waals surface area contributed by atoms with E-state index >= 15 is 0 Å². The highest BCUT2D eigenvalue weighted by molar-refractivity contribution is 6.30. The summed E-state index contributed by atoms with van der Waals surface area (Å²) < 4.78 is 0. The van der Waals surface area contributed by atoms with Crippen LogP contribution in [-0.4, -0.2) is 12.6 Å². The zero-order valence-electron chi connectivity index (χ0n) is 10.8. The Labute approximate surface area is 110 Å². The highest BCUT2D eigenvalue weighted by Crippen LogP contribution is 2.33. The van der Waals surface area contributed by atoms with E-state index in [4.69, 9.17) is 11.6 Å². The first-order valence-electron chi connectivity index (χ1n) is 6.69. The highest BCUT2D eigenvalue weighted by Gasteiger charge is 2.31. The highest BCUT2D eigenvalue weighted by atomic mass is 35.5. The average molecular weight is 252 g/mol. The maximum atomic E-state index is 5.97. The first-order chi connectivity index (χ1) is 8.20. The van der Waals surface area contributed by atoms with Crippen molar-refractivity contribution in [3.8, 4) is 0 Å². The third-order valence-corrected chi connectivity index (χ3v) is 4.37. The van der Waals surface area contributed by atoms with Crippen molar-refractivity contribution in [3.63, 3.8) is 0 Å². The molecule has 0 bridgehead atoms. The van der Waals surface area contributed by atoms with Gasteiger partial charge in [-0.3, -0.25) is 0 Å². The molecule has 0 amide bonds. The van der Waals surface area contributed by atoms with Crippen molar-refractivity contribution in [2.45, 2.75) is 51.0 Å². The lowest BCUT2D eigenvalue weighted by atomic mass is 9.76. The molecule has 1 nitrogen and oxygen atoms in total. The van der Waals surface area contributed by atoms with Gasteiger partial charge in [-0.05, 0) is 43.4 Å². The summed E-state index contributed by atoms with van der Waals surface area (Å²) >= 11 is 5.97. The molecule has 0 heterocycles. The fourth-order valence-electron chi connectivity index (χ4n) is 2.44. The monoisotopic (exact) mass is 251 g/mol. The first kappa shape index (κ1) is 12.9. The Bertz CT molecular complexity index is 350. The van der Waals surface area contributed by atoms with Crippen LogP contribution < -0.4 is 5.32 Å². The van der Waals surface area contributed by atoms with Crippen LogP contribution in [-0.2, 0) is 5.41 Å². The minimum absolute atomic E-state index is 0.271. The van der Waals surface area contributed by atoms with Gasteiger partial charge in [0.2, 0.25) is 0 Å². The van der Waals surface area contributed by atoms with Crippen molar-refractivity contribution in [2.75, 3.05) is 6.54 Å². The predicted molar refractivity (Wildman–Crippen MR) is 74.7 cm³/mol. The van der Waals surface area contributed by atoms with Crippen LogP contribution >= 0.6 is 11.6 Å². The molecule has 17 heavy (non-hydrogen) atoms. The molecule has 1 aliphatic carbocycles. The maximum Gasteiger partial charge on any atom is 0.0406 e. The van der Waals surface area contributed by atoms with Crippen molar-refractivity contribution in [1.82, 2.24) is 5.32 Å². The van der Waals surface area contributed by atoms with Crippen LogP contribution in [0, 0.1) is 0 Å². The number of nitrogens with one attached hydrogen (secondary N) is 1. The van der Waals surface area contributed by atoms with E-state index in [1.165, 1.54) is 31.2 Å². The molecule has 1 aliphatic rings. The number of hydrogen-bond donors (Lipinski definition) is 1. The Morgan fingerprint density at radius 3 is 2.24 bits per heavy atom. The molecule has 1 saturated carbocycles. The summed E-state index contributed by atoms with van der Waals surface area (Å²) in [4.78, 5) is 0. The number of halogens is 1. The van der Waals surface area contributed by atoms with Gasteiger partial charge < -0.3 is 5.32 Å². The lowest BCUT2D eigenvalue weighted by molar-refractivity contribution is 0.367. The van der Waals surface area contributed by atoms with Crippen LogP contribution in [0.3, 0.4) is 0 Å². The summed E-state index contributed by atoms with van der Waals surface area (Å²) in [5, 5.41) is 4.50. The fourth-order valence-corrected chi connectivity index (χ4v) is 2.57. The van der Waals surface area contributed by atoms with Gasteiger partial charge in [0.1, 0.15) is 0 Å². The summed E-state index contributed by atoms with van der Waals surface area (Å²) in [6.45, 7) is 5.66. The van der Waals surface area contributed by atoms with Crippen LogP contribution in [0.15, 0.2) is 24.3 Å². The van der Waals surface area contributed by atoms with Gasteiger partial charge in [0.15, 0.2) is 0 Å². The van der Waals surface area contributed by atoms with Crippen LogP contribution in [0.4, 0.5) is 0 Å². The van der Waals surface area contributed by atoms with Crippen LogP contribution in [0.25, 0.3) is 0 Å². The Kier molecular flexibility index (Phi) is 4.11. The lowest BCUT2D eigenvalue weighted by Crippen LogP contribution is -2.38. The molecule has 0 spiro atoms. The molecular weight excluding hydrogens is 230 g/mol. The number of rotatable bonds is 6. The molecule has 0 atom stereocenters. The topological polar surface area (TPSA) is 12.0 Å². The molecule has 0 radical (unpaired) electrons. The Hall–Kier alpha value is -0.530. The second kappa shape index (κ2) is 5.41. The molecule has 0 unspecified atom stereocenters. The third-order valence-electron chi connectivity index (χ3n) is 4.12. The molecule has 1 aromatic carbocycles. The van der Waals surface area contributed by atoms with Gasteiger partial charge in [0.05, 0.1) is 0 Å². The zero-order valence-corrected chi connectivity index (χ0v) is 11.6. The molecule has 1 fully saturated rings. The zero-order chi connectivity index (χ0) is 12.3. The van der Waals surface area contributed by atoms with E-state index in [9.17, 15) is 0 Å². The molecule has 2 rings (SSSR count). The van der Waals surface area contributed by atoms with Crippen molar-refractivity contribution in [1.29, 1.82) is 0 Å². The lowest BCUT2D eigenvalue weighted by Gasteiger charge is -2.33. The quantitative estimate of drug-likeness (QED) is 0.801. The molecule has 1 N–H and O–H groups in total. The average Bonchev–Trinajstić information content (AvgIpc) is 3.17. The maximum absolute atomic E-state index is 5.97. The Morgan fingerprint density at radius 1 is 1.18 bits per heavy atom. The third kappa shape index (κ3) is 3.02. The van der Waals surface area contributed by atoms with E-state index in [1.807, 2.05) is 12.1 Å². The smallest absolute Gasteiger partial charge is 0.0406 e. The van der Waals surface area contributed by atoms with Gasteiger partial charge in [-0.2, -0.15) is 0 Å². The minimum Gasteiger partial charge on any atom is -0.313 e. The fraction of sp³-hybridized carbons (Fsp3) is 0.600. The van der Waals surface area contributed by atoms with Crippen LogP contribution in [0.2, 0.25) is 5.02 Å². The summed E-state index contributed by atoms with van der Waals surface area (Å²) in [5.41, 5.74) is 1.69.